The normalized spacial score (nSPS) is 10.5. The van der Waals surface area contributed by atoms with Crippen LogP contribution in [0.1, 0.15) is 27.4 Å². The van der Waals surface area contributed by atoms with Crippen molar-refractivity contribution in [3.05, 3.63) is 82.0 Å². The van der Waals surface area contributed by atoms with Gasteiger partial charge >= 0.3 is 0 Å². The van der Waals surface area contributed by atoms with E-state index in [-0.39, 0.29) is 24.0 Å². The van der Waals surface area contributed by atoms with E-state index in [1.54, 1.807) is 37.3 Å². The van der Waals surface area contributed by atoms with E-state index < -0.39 is 0 Å². The molecule has 3 rings (SSSR count). The first-order valence-electron chi connectivity index (χ1n) is 8.33. The van der Waals surface area contributed by atoms with Crippen molar-refractivity contribution in [2.45, 2.75) is 20.4 Å². The van der Waals surface area contributed by atoms with E-state index in [1.807, 2.05) is 13.0 Å². The predicted molar refractivity (Wildman–Crippen MR) is 105 cm³/mol. The van der Waals surface area contributed by atoms with Gasteiger partial charge in [0, 0.05) is 28.9 Å². The highest BCUT2D eigenvalue weighted by Crippen LogP contribution is 2.21. The molecule has 1 heterocycles. The fourth-order valence-corrected chi connectivity index (χ4v) is 2.69. The van der Waals surface area contributed by atoms with Crippen LogP contribution in [0.15, 0.2) is 48.5 Å². The number of carbonyl (C=O) groups excluding carboxylic acids is 1. The Bertz CT molecular complexity index is 993. The van der Waals surface area contributed by atoms with Crippen LogP contribution in [0.5, 0.6) is 0 Å². The van der Waals surface area contributed by atoms with Crippen LogP contribution in [-0.2, 0) is 6.54 Å². The van der Waals surface area contributed by atoms with Crippen molar-refractivity contribution in [1.29, 1.82) is 0 Å². The summed E-state index contributed by atoms with van der Waals surface area (Å²) in [5.74, 6) is 0.199. The summed E-state index contributed by atoms with van der Waals surface area (Å²) in [4.78, 5) is 21.0. The summed E-state index contributed by atoms with van der Waals surface area (Å²) in [5.41, 5.74) is 2.22. The van der Waals surface area contributed by atoms with Gasteiger partial charge in [-0.3, -0.25) is 4.79 Å². The molecular weight excluding hydrogens is 367 g/mol. The third-order valence-corrected chi connectivity index (χ3v) is 4.17. The number of aryl methyl sites for hydroxylation is 2. The second kappa shape index (κ2) is 8.14. The molecule has 0 aliphatic carbocycles. The fourth-order valence-electron chi connectivity index (χ4n) is 2.52. The zero-order valence-corrected chi connectivity index (χ0v) is 15.6. The van der Waals surface area contributed by atoms with Gasteiger partial charge in [-0.05, 0) is 37.6 Å². The molecule has 1 aromatic heterocycles. The van der Waals surface area contributed by atoms with Crippen LogP contribution in [0.3, 0.4) is 0 Å². The minimum Gasteiger partial charge on any atom is -0.366 e. The molecule has 0 saturated heterocycles. The average molecular weight is 385 g/mol. The molecule has 0 fully saturated rings. The van der Waals surface area contributed by atoms with Crippen molar-refractivity contribution in [3.63, 3.8) is 0 Å². The van der Waals surface area contributed by atoms with Crippen LogP contribution in [0, 0.1) is 19.7 Å². The minimum atomic E-state index is -0.375. The van der Waals surface area contributed by atoms with Crippen LogP contribution < -0.4 is 10.6 Å². The number of nitrogens with zero attached hydrogens (tertiary/aromatic N) is 2. The number of halogens is 2. The first-order chi connectivity index (χ1) is 12.9. The Labute approximate surface area is 161 Å². The van der Waals surface area contributed by atoms with Crippen molar-refractivity contribution >= 4 is 29.0 Å². The van der Waals surface area contributed by atoms with E-state index >= 15 is 0 Å². The van der Waals surface area contributed by atoms with Crippen molar-refractivity contribution in [1.82, 2.24) is 9.97 Å². The lowest BCUT2D eigenvalue weighted by Gasteiger charge is -2.11. The van der Waals surface area contributed by atoms with Gasteiger partial charge in [0.15, 0.2) is 0 Å². The Hall–Kier alpha value is -2.99. The van der Waals surface area contributed by atoms with E-state index in [2.05, 4.69) is 20.6 Å². The molecular formula is C20H18ClFN4O. The molecule has 27 heavy (non-hydrogen) atoms. The summed E-state index contributed by atoms with van der Waals surface area (Å²) in [5, 5.41) is 6.36. The quantitative estimate of drug-likeness (QED) is 0.666. The molecule has 7 heteroatoms. The van der Waals surface area contributed by atoms with Gasteiger partial charge in [-0.25, -0.2) is 14.4 Å². The number of aromatic nitrogens is 2. The number of rotatable bonds is 5. The summed E-state index contributed by atoms with van der Waals surface area (Å²) in [6, 6.07) is 13.3. The van der Waals surface area contributed by atoms with Gasteiger partial charge in [-0.2, -0.15) is 0 Å². The van der Waals surface area contributed by atoms with Gasteiger partial charge in [-0.15, -0.1) is 0 Å². The van der Waals surface area contributed by atoms with Gasteiger partial charge < -0.3 is 10.6 Å². The molecule has 3 aromatic rings. The Balaban J connectivity index is 1.77. The number of nitrogens with one attached hydrogen (secondary N) is 2. The van der Waals surface area contributed by atoms with Crippen molar-refractivity contribution in [2.24, 2.45) is 0 Å². The van der Waals surface area contributed by atoms with Gasteiger partial charge in [0.2, 0.25) is 0 Å². The molecule has 0 atom stereocenters. The van der Waals surface area contributed by atoms with E-state index in [0.29, 0.717) is 27.9 Å². The number of anilines is 2. The Morgan fingerprint density at radius 1 is 1.11 bits per heavy atom. The summed E-state index contributed by atoms with van der Waals surface area (Å²) >= 11 is 5.99. The van der Waals surface area contributed by atoms with Gasteiger partial charge in [-0.1, -0.05) is 35.9 Å². The van der Waals surface area contributed by atoms with Gasteiger partial charge in [0.05, 0.1) is 0 Å². The summed E-state index contributed by atoms with van der Waals surface area (Å²) in [7, 11) is 0. The standard InChI is InChI=1S/C20H18ClFN4O/c1-12-7-8-15(21)9-17(12)26-20(27)18-10-19(25-13(2)24-18)23-11-14-5-3-4-6-16(14)22/h3-10H,11H2,1-2H3,(H,26,27)(H,23,24,25). The Kier molecular flexibility index (Phi) is 5.66. The maximum Gasteiger partial charge on any atom is 0.274 e. The van der Waals surface area contributed by atoms with E-state index in [9.17, 15) is 9.18 Å². The molecule has 5 nitrogen and oxygen atoms in total. The monoisotopic (exact) mass is 384 g/mol. The van der Waals surface area contributed by atoms with Gasteiger partial charge in [0.25, 0.3) is 5.91 Å². The predicted octanol–water partition coefficient (Wildman–Crippen LogP) is 4.75. The zero-order chi connectivity index (χ0) is 19.4. The van der Waals surface area contributed by atoms with Crippen molar-refractivity contribution in [3.8, 4) is 0 Å². The van der Waals surface area contributed by atoms with Crippen LogP contribution in [0.25, 0.3) is 0 Å². The lowest BCUT2D eigenvalue weighted by molar-refractivity contribution is 0.102. The third-order valence-electron chi connectivity index (χ3n) is 3.94. The molecule has 0 aliphatic heterocycles. The smallest absolute Gasteiger partial charge is 0.274 e. The van der Waals surface area contributed by atoms with Crippen molar-refractivity contribution < 1.29 is 9.18 Å². The van der Waals surface area contributed by atoms with Crippen LogP contribution >= 0.6 is 11.6 Å². The van der Waals surface area contributed by atoms with Crippen LogP contribution in [-0.4, -0.2) is 15.9 Å². The fraction of sp³-hybridized carbons (Fsp3) is 0.150. The third kappa shape index (κ3) is 4.80. The lowest BCUT2D eigenvalue weighted by atomic mass is 10.2. The number of amides is 1. The molecule has 2 N–H and O–H groups in total. The zero-order valence-electron chi connectivity index (χ0n) is 14.9. The molecule has 138 valence electrons. The highest BCUT2D eigenvalue weighted by Gasteiger charge is 2.13. The minimum absolute atomic E-state index is 0.206. The maximum atomic E-state index is 13.7. The highest BCUT2D eigenvalue weighted by atomic mass is 35.5. The molecule has 0 unspecified atom stereocenters. The average Bonchev–Trinajstić information content (AvgIpc) is 2.63. The van der Waals surface area contributed by atoms with E-state index in [4.69, 9.17) is 11.6 Å². The largest absolute Gasteiger partial charge is 0.366 e. The number of hydrogen-bond acceptors (Lipinski definition) is 4. The molecule has 2 aromatic carbocycles. The molecule has 0 radical (unpaired) electrons. The first-order valence-corrected chi connectivity index (χ1v) is 8.70. The Morgan fingerprint density at radius 3 is 2.67 bits per heavy atom. The highest BCUT2D eigenvalue weighted by molar-refractivity contribution is 6.31. The second-order valence-electron chi connectivity index (χ2n) is 6.04. The number of hydrogen-bond donors (Lipinski definition) is 2. The summed E-state index contributed by atoms with van der Waals surface area (Å²) < 4.78 is 13.7. The molecule has 1 amide bonds. The topological polar surface area (TPSA) is 66.9 Å². The summed E-state index contributed by atoms with van der Waals surface area (Å²) in [6.45, 7) is 3.81. The molecule has 0 aliphatic rings. The lowest BCUT2D eigenvalue weighted by Crippen LogP contribution is -2.16. The SMILES string of the molecule is Cc1nc(NCc2ccccc2F)cc(C(=O)Nc2cc(Cl)ccc2C)n1. The molecule has 0 spiro atoms. The van der Waals surface area contributed by atoms with Crippen LogP contribution in [0.4, 0.5) is 15.9 Å². The van der Waals surface area contributed by atoms with Crippen LogP contribution in [0.2, 0.25) is 5.02 Å². The second-order valence-corrected chi connectivity index (χ2v) is 6.48. The maximum absolute atomic E-state index is 13.7. The van der Waals surface area contributed by atoms with E-state index in [1.165, 1.54) is 12.1 Å². The first kappa shape index (κ1) is 18.8. The number of benzene rings is 2. The van der Waals surface area contributed by atoms with E-state index in [0.717, 1.165) is 5.56 Å². The van der Waals surface area contributed by atoms with Gasteiger partial charge in [0.1, 0.15) is 23.2 Å². The molecule has 0 saturated carbocycles. The Morgan fingerprint density at radius 2 is 1.89 bits per heavy atom. The number of carbonyl (C=O) groups is 1. The summed E-state index contributed by atoms with van der Waals surface area (Å²) in [6.07, 6.45) is 0. The van der Waals surface area contributed by atoms with Crippen molar-refractivity contribution in [2.75, 3.05) is 10.6 Å². The molecule has 0 bridgehead atoms.